The van der Waals surface area contributed by atoms with Crippen molar-refractivity contribution >= 4 is 11.8 Å². The van der Waals surface area contributed by atoms with Crippen molar-refractivity contribution in [3.8, 4) is 0 Å². The molecule has 5 nitrogen and oxygen atoms in total. The highest BCUT2D eigenvalue weighted by atomic mass is 19.4. The Kier molecular flexibility index (Phi) is 4.00. The van der Waals surface area contributed by atoms with Gasteiger partial charge in [-0.3, -0.25) is 0 Å². The van der Waals surface area contributed by atoms with Crippen LogP contribution in [0.4, 0.5) is 24.9 Å². The molecule has 0 saturated carbocycles. The molecule has 1 unspecified atom stereocenters. The summed E-state index contributed by atoms with van der Waals surface area (Å²) in [4.78, 5) is 6.74. The topological polar surface area (TPSA) is 84.1 Å². The number of aromatic nitrogens is 2. The van der Waals surface area contributed by atoms with E-state index >= 15 is 0 Å². The maximum absolute atomic E-state index is 12.5. The summed E-state index contributed by atoms with van der Waals surface area (Å²) in [6.45, 7) is 3.39. The van der Waals surface area contributed by atoms with Crippen LogP contribution in [0.2, 0.25) is 0 Å². The molecule has 0 aliphatic carbocycles. The van der Waals surface area contributed by atoms with Crippen LogP contribution in [0.5, 0.6) is 0 Å². The lowest BCUT2D eigenvalue weighted by Crippen LogP contribution is -2.32. The molecule has 18 heavy (non-hydrogen) atoms. The lowest BCUT2D eigenvalue weighted by molar-refractivity contribution is -0.141. The van der Waals surface area contributed by atoms with Crippen molar-refractivity contribution in [3.05, 3.63) is 11.8 Å². The fourth-order valence-electron chi connectivity index (χ4n) is 1.11. The Morgan fingerprint density at radius 1 is 1.39 bits per heavy atom. The maximum atomic E-state index is 12.5. The molecule has 0 spiro atoms. The number of alkyl halides is 3. The number of aliphatic hydroxyl groups is 1. The molecule has 0 radical (unpaired) electrons. The SMILES string of the molecule is CCC(C)(O)CNc1cc(C(F)(F)F)nc(N)n1. The van der Waals surface area contributed by atoms with Gasteiger partial charge < -0.3 is 16.2 Å². The lowest BCUT2D eigenvalue weighted by atomic mass is 10.0. The first kappa shape index (κ1) is 14.5. The quantitative estimate of drug-likeness (QED) is 0.770. The van der Waals surface area contributed by atoms with E-state index in [1.54, 1.807) is 13.8 Å². The second kappa shape index (κ2) is 4.97. The second-order valence-electron chi connectivity index (χ2n) is 4.20. The number of nitrogens with one attached hydrogen (secondary N) is 1. The van der Waals surface area contributed by atoms with Crippen LogP contribution < -0.4 is 11.1 Å². The van der Waals surface area contributed by atoms with Crippen molar-refractivity contribution in [3.63, 3.8) is 0 Å². The van der Waals surface area contributed by atoms with E-state index in [0.717, 1.165) is 6.07 Å². The first-order valence-electron chi connectivity index (χ1n) is 5.32. The average Bonchev–Trinajstić information content (AvgIpc) is 2.25. The molecule has 4 N–H and O–H groups in total. The molecule has 102 valence electrons. The van der Waals surface area contributed by atoms with Gasteiger partial charge in [-0.2, -0.15) is 18.2 Å². The number of nitrogen functional groups attached to an aromatic ring is 1. The number of hydrogen-bond acceptors (Lipinski definition) is 5. The van der Waals surface area contributed by atoms with Gasteiger partial charge in [0.05, 0.1) is 5.60 Å². The first-order chi connectivity index (χ1) is 8.14. The Bertz CT molecular complexity index is 420. The molecule has 0 aromatic carbocycles. The molecule has 0 bridgehead atoms. The second-order valence-corrected chi connectivity index (χ2v) is 4.20. The molecule has 1 heterocycles. The molecule has 1 aromatic rings. The molecule has 8 heteroatoms. The number of anilines is 2. The Balaban J connectivity index is 2.88. The summed E-state index contributed by atoms with van der Waals surface area (Å²) in [6, 6.07) is 0.752. The van der Waals surface area contributed by atoms with Gasteiger partial charge in [-0.15, -0.1) is 0 Å². The molecular formula is C10H15F3N4O. The normalized spacial score (nSPS) is 15.2. The highest BCUT2D eigenvalue weighted by Gasteiger charge is 2.33. The van der Waals surface area contributed by atoms with E-state index in [1.165, 1.54) is 0 Å². The van der Waals surface area contributed by atoms with Gasteiger partial charge in [0.15, 0.2) is 5.69 Å². The van der Waals surface area contributed by atoms with Gasteiger partial charge in [0.2, 0.25) is 5.95 Å². The maximum Gasteiger partial charge on any atom is 0.433 e. The summed E-state index contributed by atoms with van der Waals surface area (Å²) in [7, 11) is 0. The van der Waals surface area contributed by atoms with Crippen LogP contribution in [0.3, 0.4) is 0 Å². The van der Waals surface area contributed by atoms with Crippen LogP contribution in [-0.4, -0.2) is 27.2 Å². The Hall–Kier alpha value is -1.57. The summed E-state index contributed by atoms with van der Waals surface area (Å²) in [6.07, 6.45) is -4.13. The van der Waals surface area contributed by atoms with Crippen molar-refractivity contribution < 1.29 is 18.3 Å². The van der Waals surface area contributed by atoms with Crippen LogP contribution >= 0.6 is 0 Å². The van der Waals surface area contributed by atoms with Gasteiger partial charge in [0.1, 0.15) is 5.82 Å². The molecule has 1 rings (SSSR count). The summed E-state index contributed by atoms with van der Waals surface area (Å²) in [5, 5.41) is 12.3. The number of halogens is 3. The Morgan fingerprint density at radius 3 is 2.50 bits per heavy atom. The van der Waals surface area contributed by atoms with E-state index in [2.05, 4.69) is 15.3 Å². The zero-order chi connectivity index (χ0) is 14.0. The number of nitrogens with zero attached hydrogens (tertiary/aromatic N) is 2. The molecule has 0 saturated heterocycles. The smallest absolute Gasteiger partial charge is 0.388 e. The zero-order valence-corrected chi connectivity index (χ0v) is 10.0. The van der Waals surface area contributed by atoms with Gasteiger partial charge in [0.25, 0.3) is 0 Å². The van der Waals surface area contributed by atoms with Gasteiger partial charge in [-0.25, -0.2) is 4.98 Å². The van der Waals surface area contributed by atoms with E-state index in [0.29, 0.717) is 6.42 Å². The van der Waals surface area contributed by atoms with Crippen molar-refractivity contribution in [1.29, 1.82) is 0 Å². The third kappa shape index (κ3) is 4.02. The van der Waals surface area contributed by atoms with Gasteiger partial charge in [0, 0.05) is 12.6 Å². The van der Waals surface area contributed by atoms with E-state index in [9.17, 15) is 18.3 Å². The fourth-order valence-corrected chi connectivity index (χ4v) is 1.11. The molecular weight excluding hydrogens is 249 g/mol. The number of hydrogen-bond donors (Lipinski definition) is 3. The number of nitrogens with two attached hydrogens (primary N) is 1. The van der Waals surface area contributed by atoms with Gasteiger partial charge >= 0.3 is 6.18 Å². The summed E-state index contributed by atoms with van der Waals surface area (Å²) >= 11 is 0. The van der Waals surface area contributed by atoms with Crippen molar-refractivity contribution in [2.75, 3.05) is 17.6 Å². The van der Waals surface area contributed by atoms with E-state index in [1.807, 2.05) is 0 Å². The summed E-state index contributed by atoms with van der Waals surface area (Å²) < 4.78 is 37.4. The molecule has 0 aliphatic rings. The minimum Gasteiger partial charge on any atom is -0.388 e. The van der Waals surface area contributed by atoms with Crippen LogP contribution in [0.25, 0.3) is 0 Å². The molecule has 0 amide bonds. The van der Waals surface area contributed by atoms with Crippen LogP contribution in [-0.2, 0) is 6.18 Å². The molecule has 1 aromatic heterocycles. The zero-order valence-electron chi connectivity index (χ0n) is 10.0. The number of rotatable bonds is 4. The predicted octanol–water partition coefficient (Wildman–Crippen LogP) is 1.65. The highest BCUT2D eigenvalue weighted by molar-refractivity contribution is 5.41. The Labute approximate surface area is 102 Å². The van der Waals surface area contributed by atoms with E-state index < -0.39 is 23.4 Å². The van der Waals surface area contributed by atoms with Crippen LogP contribution in [0, 0.1) is 0 Å². The highest BCUT2D eigenvalue weighted by Crippen LogP contribution is 2.29. The fraction of sp³-hybridized carbons (Fsp3) is 0.600. The molecule has 1 atom stereocenters. The summed E-state index contributed by atoms with van der Waals surface area (Å²) in [5.74, 6) is -0.535. The van der Waals surface area contributed by atoms with Gasteiger partial charge in [-0.1, -0.05) is 6.92 Å². The van der Waals surface area contributed by atoms with Crippen molar-refractivity contribution in [2.45, 2.75) is 32.0 Å². The van der Waals surface area contributed by atoms with Crippen LogP contribution in [0.1, 0.15) is 26.0 Å². The minimum absolute atomic E-state index is 0.0662. The molecule has 0 fully saturated rings. The molecule has 0 aliphatic heterocycles. The largest absolute Gasteiger partial charge is 0.433 e. The monoisotopic (exact) mass is 264 g/mol. The third-order valence-electron chi connectivity index (χ3n) is 2.45. The summed E-state index contributed by atoms with van der Waals surface area (Å²) in [5.41, 5.74) is 3.06. The average molecular weight is 264 g/mol. The van der Waals surface area contributed by atoms with Crippen molar-refractivity contribution in [2.24, 2.45) is 0 Å². The van der Waals surface area contributed by atoms with E-state index in [4.69, 9.17) is 5.73 Å². The predicted molar refractivity (Wildman–Crippen MR) is 60.9 cm³/mol. The van der Waals surface area contributed by atoms with Gasteiger partial charge in [-0.05, 0) is 13.3 Å². The standard InChI is InChI=1S/C10H15F3N4O/c1-3-9(2,18)5-15-7-4-6(10(11,12)13)16-8(14)17-7/h4,18H,3,5H2,1-2H3,(H3,14,15,16,17). The van der Waals surface area contributed by atoms with E-state index in [-0.39, 0.29) is 12.4 Å². The first-order valence-corrected chi connectivity index (χ1v) is 5.32. The van der Waals surface area contributed by atoms with Crippen molar-refractivity contribution in [1.82, 2.24) is 9.97 Å². The van der Waals surface area contributed by atoms with Crippen LogP contribution in [0.15, 0.2) is 6.07 Å². The minimum atomic E-state index is -4.58. The Morgan fingerprint density at radius 2 is 2.00 bits per heavy atom. The lowest BCUT2D eigenvalue weighted by Gasteiger charge is -2.22. The third-order valence-corrected chi connectivity index (χ3v) is 2.45.